The fraction of sp³-hybridized carbons (Fsp3) is 0.304. The summed E-state index contributed by atoms with van der Waals surface area (Å²) < 4.78 is 5.67. The number of benzene rings is 2. The number of hydrogen-bond donors (Lipinski definition) is 2. The highest BCUT2D eigenvalue weighted by Gasteiger charge is 2.47. The number of aryl methyl sites for hydroxylation is 1. The van der Waals surface area contributed by atoms with E-state index in [0.29, 0.717) is 17.7 Å². The molecule has 2 aromatic carbocycles. The van der Waals surface area contributed by atoms with Gasteiger partial charge >= 0.3 is 0 Å². The van der Waals surface area contributed by atoms with Gasteiger partial charge in [-0.05, 0) is 37.5 Å². The summed E-state index contributed by atoms with van der Waals surface area (Å²) in [4.78, 5) is 27.3. The number of phenolic OH excluding ortho intramolecular Hbond substituents is 1. The lowest BCUT2D eigenvalue weighted by Gasteiger charge is -2.27. The Morgan fingerprint density at radius 3 is 2.59 bits per heavy atom. The number of ketones is 1. The molecule has 1 amide bonds. The number of rotatable bonds is 4. The molecular formula is C23H23NO5. The maximum absolute atomic E-state index is 12.9. The van der Waals surface area contributed by atoms with Gasteiger partial charge in [-0.15, -0.1) is 0 Å². The number of aromatic hydroxyl groups is 1. The van der Waals surface area contributed by atoms with Gasteiger partial charge in [-0.1, -0.05) is 42.0 Å². The molecule has 2 fully saturated rings. The van der Waals surface area contributed by atoms with Gasteiger partial charge in [-0.2, -0.15) is 0 Å². The number of phenols is 1. The van der Waals surface area contributed by atoms with E-state index in [1.807, 2.05) is 19.1 Å². The smallest absolute Gasteiger partial charge is 0.295 e. The topological polar surface area (TPSA) is 87.1 Å². The van der Waals surface area contributed by atoms with Gasteiger partial charge < -0.3 is 19.8 Å². The predicted octanol–water partition coefficient (Wildman–Crippen LogP) is 3.30. The SMILES string of the molecule is Cc1ccc(C(O)=C2C(=O)C(=O)N(CC3CCCO3)C2c2cccc(O)c2)cc1. The summed E-state index contributed by atoms with van der Waals surface area (Å²) in [6, 6.07) is 12.8. The number of carbonyl (C=O) groups excluding carboxylic acids is 2. The number of likely N-dealkylation sites (tertiary alicyclic amines) is 1. The minimum absolute atomic E-state index is 0.0283. The zero-order valence-corrected chi connectivity index (χ0v) is 16.2. The number of aliphatic hydroxyl groups is 1. The second-order valence-corrected chi connectivity index (χ2v) is 7.55. The Kier molecular flexibility index (Phi) is 5.11. The number of ether oxygens (including phenoxy) is 1. The molecule has 0 aliphatic carbocycles. The third-order valence-electron chi connectivity index (χ3n) is 5.48. The molecule has 2 aliphatic heterocycles. The summed E-state index contributed by atoms with van der Waals surface area (Å²) in [5, 5.41) is 20.9. The molecular weight excluding hydrogens is 370 g/mol. The number of Topliss-reactive ketones (excluding diaryl/α,β-unsaturated/α-hetero) is 1. The summed E-state index contributed by atoms with van der Waals surface area (Å²) in [6.45, 7) is 2.82. The van der Waals surface area contributed by atoms with Crippen molar-refractivity contribution < 1.29 is 24.5 Å². The van der Waals surface area contributed by atoms with Crippen molar-refractivity contribution in [1.29, 1.82) is 0 Å². The molecule has 6 nitrogen and oxygen atoms in total. The Hall–Kier alpha value is -3.12. The first-order valence-electron chi connectivity index (χ1n) is 9.71. The Balaban J connectivity index is 1.83. The fourth-order valence-electron chi connectivity index (χ4n) is 3.98. The predicted molar refractivity (Wildman–Crippen MR) is 107 cm³/mol. The molecule has 150 valence electrons. The highest BCUT2D eigenvalue weighted by molar-refractivity contribution is 6.46. The first-order valence-corrected chi connectivity index (χ1v) is 9.71. The molecule has 2 aliphatic rings. The zero-order chi connectivity index (χ0) is 20.5. The van der Waals surface area contributed by atoms with E-state index in [1.165, 1.54) is 17.0 Å². The quantitative estimate of drug-likeness (QED) is 0.473. The van der Waals surface area contributed by atoms with Crippen LogP contribution in [0.1, 0.15) is 35.6 Å². The molecule has 0 spiro atoms. The highest BCUT2D eigenvalue weighted by atomic mass is 16.5. The molecule has 0 aromatic heterocycles. The van der Waals surface area contributed by atoms with E-state index in [0.717, 1.165) is 18.4 Å². The fourth-order valence-corrected chi connectivity index (χ4v) is 3.98. The van der Waals surface area contributed by atoms with E-state index in [-0.39, 0.29) is 29.7 Å². The van der Waals surface area contributed by atoms with Crippen LogP contribution in [0.3, 0.4) is 0 Å². The molecule has 2 N–H and O–H groups in total. The van der Waals surface area contributed by atoms with Crippen molar-refractivity contribution in [2.45, 2.75) is 31.9 Å². The van der Waals surface area contributed by atoms with Crippen LogP contribution in [0.2, 0.25) is 0 Å². The van der Waals surface area contributed by atoms with Gasteiger partial charge in [0.15, 0.2) is 0 Å². The molecule has 6 heteroatoms. The number of nitrogens with zero attached hydrogens (tertiary/aromatic N) is 1. The molecule has 2 aromatic rings. The van der Waals surface area contributed by atoms with Crippen LogP contribution >= 0.6 is 0 Å². The highest BCUT2D eigenvalue weighted by Crippen LogP contribution is 2.40. The Bertz CT molecular complexity index is 973. The maximum atomic E-state index is 12.9. The van der Waals surface area contributed by atoms with Gasteiger partial charge in [-0.3, -0.25) is 9.59 Å². The molecule has 4 rings (SSSR count). The lowest BCUT2D eigenvalue weighted by Crippen LogP contribution is -2.36. The van der Waals surface area contributed by atoms with Gasteiger partial charge in [-0.25, -0.2) is 0 Å². The van der Waals surface area contributed by atoms with Crippen LogP contribution in [-0.2, 0) is 14.3 Å². The number of amides is 1. The van der Waals surface area contributed by atoms with E-state index >= 15 is 0 Å². The summed E-state index contributed by atoms with van der Waals surface area (Å²) in [5.41, 5.74) is 2.08. The lowest BCUT2D eigenvalue weighted by atomic mass is 9.95. The minimum Gasteiger partial charge on any atom is -0.508 e. The third-order valence-corrected chi connectivity index (χ3v) is 5.48. The van der Waals surface area contributed by atoms with E-state index in [4.69, 9.17) is 4.74 Å². The second kappa shape index (κ2) is 7.72. The van der Waals surface area contributed by atoms with Gasteiger partial charge in [0.05, 0.1) is 17.7 Å². The van der Waals surface area contributed by atoms with Crippen molar-refractivity contribution in [3.05, 3.63) is 70.8 Å². The summed E-state index contributed by atoms with van der Waals surface area (Å²) in [6.07, 6.45) is 1.58. The summed E-state index contributed by atoms with van der Waals surface area (Å²) in [7, 11) is 0. The van der Waals surface area contributed by atoms with Crippen LogP contribution in [0, 0.1) is 6.92 Å². The van der Waals surface area contributed by atoms with Crippen molar-refractivity contribution in [2.75, 3.05) is 13.2 Å². The Morgan fingerprint density at radius 2 is 1.93 bits per heavy atom. The molecule has 0 saturated carbocycles. The molecule has 2 unspecified atom stereocenters. The molecule has 0 bridgehead atoms. The molecule has 29 heavy (non-hydrogen) atoms. The van der Waals surface area contributed by atoms with E-state index < -0.39 is 17.7 Å². The minimum atomic E-state index is -0.785. The zero-order valence-electron chi connectivity index (χ0n) is 16.2. The largest absolute Gasteiger partial charge is 0.508 e. The number of carbonyl (C=O) groups is 2. The summed E-state index contributed by atoms with van der Waals surface area (Å²) in [5.74, 6) is -1.58. The van der Waals surface area contributed by atoms with Crippen LogP contribution in [0.15, 0.2) is 54.1 Å². The average Bonchev–Trinajstić information content (AvgIpc) is 3.30. The number of aliphatic hydroxyl groups excluding tert-OH is 1. The molecule has 2 atom stereocenters. The van der Waals surface area contributed by atoms with E-state index in [2.05, 4.69) is 0 Å². The maximum Gasteiger partial charge on any atom is 0.295 e. The first-order chi connectivity index (χ1) is 14.0. The van der Waals surface area contributed by atoms with Crippen LogP contribution in [0.5, 0.6) is 5.75 Å². The van der Waals surface area contributed by atoms with Crippen LogP contribution < -0.4 is 0 Å². The van der Waals surface area contributed by atoms with Gasteiger partial charge in [0.1, 0.15) is 11.5 Å². The van der Waals surface area contributed by atoms with Crippen molar-refractivity contribution in [2.24, 2.45) is 0 Å². The van der Waals surface area contributed by atoms with Crippen molar-refractivity contribution >= 4 is 17.4 Å². The summed E-state index contributed by atoms with van der Waals surface area (Å²) >= 11 is 0. The van der Waals surface area contributed by atoms with Gasteiger partial charge in [0.2, 0.25) is 0 Å². The standard InChI is InChI=1S/C23H23NO5/c1-14-7-9-15(10-8-14)21(26)19-20(16-4-2-5-17(25)12-16)24(23(28)22(19)27)13-18-6-3-11-29-18/h2,4-5,7-10,12,18,20,25-26H,3,6,11,13H2,1H3. The van der Waals surface area contributed by atoms with E-state index in [1.54, 1.807) is 24.3 Å². The van der Waals surface area contributed by atoms with Gasteiger partial charge in [0, 0.05) is 18.7 Å². The Labute approximate surface area is 169 Å². The molecule has 2 saturated heterocycles. The van der Waals surface area contributed by atoms with Crippen LogP contribution in [-0.4, -0.2) is 46.1 Å². The lowest BCUT2D eigenvalue weighted by molar-refractivity contribution is -0.140. The Morgan fingerprint density at radius 1 is 1.17 bits per heavy atom. The van der Waals surface area contributed by atoms with Crippen molar-refractivity contribution in [1.82, 2.24) is 4.90 Å². The normalized spacial score (nSPS) is 23.7. The van der Waals surface area contributed by atoms with E-state index in [9.17, 15) is 19.8 Å². The molecule has 0 radical (unpaired) electrons. The van der Waals surface area contributed by atoms with Crippen molar-refractivity contribution in [3.8, 4) is 5.75 Å². The monoisotopic (exact) mass is 393 g/mol. The van der Waals surface area contributed by atoms with Gasteiger partial charge in [0.25, 0.3) is 11.7 Å². The van der Waals surface area contributed by atoms with Crippen LogP contribution in [0.25, 0.3) is 5.76 Å². The first kappa shape index (κ1) is 19.2. The number of hydrogen-bond acceptors (Lipinski definition) is 5. The van der Waals surface area contributed by atoms with Crippen LogP contribution in [0.4, 0.5) is 0 Å². The molecule has 2 heterocycles. The third kappa shape index (κ3) is 3.63. The van der Waals surface area contributed by atoms with Crippen molar-refractivity contribution in [3.63, 3.8) is 0 Å². The average molecular weight is 393 g/mol. The second-order valence-electron chi connectivity index (χ2n) is 7.55.